The van der Waals surface area contributed by atoms with E-state index in [2.05, 4.69) is 30.0 Å². The van der Waals surface area contributed by atoms with Gasteiger partial charge >= 0.3 is 0 Å². The van der Waals surface area contributed by atoms with Gasteiger partial charge in [0.15, 0.2) is 0 Å². The molecule has 1 aromatic rings. The number of aromatic nitrogens is 2. The van der Waals surface area contributed by atoms with Crippen LogP contribution in [0.3, 0.4) is 0 Å². The first-order valence-electron chi connectivity index (χ1n) is 4.56. The standard InChI is InChI=1S/C10H17N3/c1-4-5-11-6-7-13-10(3)8-9(2)12-13/h4,8,11H,1,5-7H2,2-3H3. The van der Waals surface area contributed by atoms with Crippen LogP contribution in [0.25, 0.3) is 0 Å². The molecular formula is C10H17N3. The van der Waals surface area contributed by atoms with E-state index < -0.39 is 0 Å². The molecule has 0 bridgehead atoms. The summed E-state index contributed by atoms with van der Waals surface area (Å²) < 4.78 is 2.02. The van der Waals surface area contributed by atoms with Gasteiger partial charge in [0.05, 0.1) is 12.2 Å². The minimum atomic E-state index is 0.860. The molecular weight excluding hydrogens is 162 g/mol. The maximum Gasteiger partial charge on any atom is 0.0596 e. The highest BCUT2D eigenvalue weighted by atomic mass is 15.3. The van der Waals surface area contributed by atoms with Crippen LogP contribution in [0.15, 0.2) is 18.7 Å². The van der Waals surface area contributed by atoms with Gasteiger partial charge in [0.2, 0.25) is 0 Å². The third kappa shape index (κ3) is 3.03. The molecule has 0 aliphatic carbocycles. The number of hydrogen-bond donors (Lipinski definition) is 1. The molecule has 0 saturated carbocycles. The van der Waals surface area contributed by atoms with E-state index in [1.165, 1.54) is 5.69 Å². The van der Waals surface area contributed by atoms with Crippen LogP contribution in [-0.4, -0.2) is 22.9 Å². The molecule has 0 fully saturated rings. The monoisotopic (exact) mass is 179 g/mol. The minimum absolute atomic E-state index is 0.860. The van der Waals surface area contributed by atoms with E-state index >= 15 is 0 Å². The molecule has 1 N–H and O–H groups in total. The minimum Gasteiger partial charge on any atom is -0.311 e. The second-order valence-electron chi connectivity index (χ2n) is 3.14. The summed E-state index contributed by atoms with van der Waals surface area (Å²) in [7, 11) is 0. The maximum atomic E-state index is 4.36. The van der Waals surface area contributed by atoms with Crippen LogP contribution >= 0.6 is 0 Å². The van der Waals surface area contributed by atoms with Crippen molar-refractivity contribution in [2.75, 3.05) is 13.1 Å². The van der Waals surface area contributed by atoms with Crippen molar-refractivity contribution in [3.63, 3.8) is 0 Å². The molecule has 0 aliphatic rings. The zero-order valence-electron chi connectivity index (χ0n) is 8.38. The van der Waals surface area contributed by atoms with E-state index in [-0.39, 0.29) is 0 Å². The summed E-state index contributed by atoms with van der Waals surface area (Å²) >= 11 is 0. The summed E-state index contributed by atoms with van der Waals surface area (Å²) in [5, 5.41) is 7.60. The highest BCUT2D eigenvalue weighted by Crippen LogP contribution is 2.00. The molecule has 0 saturated heterocycles. The van der Waals surface area contributed by atoms with Crippen LogP contribution in [0.2, 0.25) is 0 Å². The summed E-state index contributed by atoms with van der Waals surface area (Å²) in [6.45, 7) is 10.5. The number of nitrogens with one attached hydrogen (secondary N) is 1. The average Bonchev–Trinajstić information content (AvgIpc) is 2.39. The predicted molar refractivity (Wildman–Crippen MR) is 54.8 cm³/mol. The molecule has 13 heavy (non-hydrogen) atoms. The van der Waals surface area contributed by atoms with Gasteiger partial charge < -0.3 is 5.32 Å². The van der Waals surface area contributed by atoms with Gasteiger partial charge in [-0.15, -0.1) is 6.58 Å². The van der Waals surface area contributed by atoms with Crippen molar-refractivity contribution in [3.05, 3.63) is 30.1 Å². The Morgan fingerprint density at radius 3 is 2.92 bits per heavy atom. The predicted octanol–water partition coefficient (Wildman–Crippen LogP) is 1.28. The Kier molecular flexibility index (Phi) is 3.71. The Bertz CT molecular complexity index is 276. The van der Waals surface area contributed by atoms with Crippen LogP contribution in [0.1, 0.15) is 11.4 Å². The van der Waals surface area contributed by atoms with Gasteiger partial charge in [-0.3, -0.25) is 4.68 Å². The molecule has 1 heterocycles. The zero-order valence-corrected chi connectivity index (χ0v) is 8.38. The first-order chi connectivity index (χ1) is 6.24. The number of aryl methyl sites for hydroxylation is 2. The normalized spacial score (nSPS) is 10.3. The van der Waals surface area contributed by atoms with E-state index in [4.69, 9.17) is 0 Å². The molecule has 0 spiro atoms. The fraction of sp³-hybridized carbons (Fsp3) is 0.500. The van der Waals surface area contributed by atoms with Gasteiger partial charge in [0.25, 0.3) is 0 Å². The van der Waals surface area contributed by atoms with Crippen molar-refractivity contribution < 1.29 is 0 Å². The van der Waals surface area contributed by atoms with E-state index in [9.17, 15) is 0 Å². The average molecular weight is 179 g/mol. The molecule has 1 rings (SSSR count). The number of nitrogens with zero attached hydrogens (tertiary/aromatic N) is 2. The van der Waals surface area contributed by atoms with E-state index in [1.54, 1.807) is 0 Å². The van der Waals surface area contributed by atoms with Gasteiger partial charge in [-0.2, -0.15) is 5.10 Å². The van der Waals surface area contributed by atoms with Crippen LogP contribution in [-0.2, 0) is 6.54 Å². The van der Waals surface area contributed by atoms with Crippen molar-refractivity contribution in [1.82, 2.24) is 15.1 Å². The lowest BCUT2D eigenvalue weighted by Gasteiger charge is -2.04. The molecule has 0 aromatic carbocycles. The molecule has 3 nitrogen and oxygen atoms in total. The van der Waals surface area contributed by atoms with Crippen LogP contribution < -0.4 is 5.32 Å². The fourth-order valence-corrected chi connectivity index (χ4v) is 1.29. The topological polar surface area (TPSA) is 29.9 Å². The highest BCUT2D eigenvalue weighted by Gasteiger charge is 1.98. The van der Waals surface area contributed by atoms with Crippen LogP contribution in [0.5, 0.6) is 0 Å². The summed E-state index contributed by atoms with van der Waals surface area (Å²) in [6, 6.07) is 2.09. The Balaban J connectivity index is 2.36. The zero-order chi connectivity index (χ0) is 9.68. The smallest absolute Gasteiger partial charge is 0.0596 e. The molecule has 0 amide bonds. The third-order valence-electron chi connectivity index (χ3n) is 1.89. The lowest BCUT2D eigenvalue weighted by Crippen LogP contribution is -2.20. The van der Waals surface area contributed by atoms with Gasteiger partial charge in [-0.05, 0) is 19.9 Å². The number of rotatable bonds is 5. The maximum absolute atomic E-state index is 4.36. The molecule has 72 valence electrons. The van der Waals surface area contributed by atoms with Crippen LogP contribution in [0.4, 0.5) is 0 Å². The van der Waals surface area contributed by atoms with Crippen LogP contribution in [0, 0.1) is 13.8 Å². The lowest BCUT2D eigenvalue weighted by atomic mass is 10.4. The van der Waals surface area contributed by atoms with Crippen molar-refractivity contribution in [2.45, 2.75) is 20.4 Å². The van der Waals surface area contributed by atoms with E-state index in [1.807, 2.05) is 17.7 Å². The second kappa shape index (κ2) is 4.82. The van der Waals surface area contributed by atoms with E-state index in [0.29, 0.717) is 0 Å². The van der Waals surface area contributed by atoms with Gasteiger partial charge in [-0.25, -0.2) is 0 Å². The fourth-order valence-electron chi connectivity index (χ4n) is 1.29. The number of hydrogen-bond acceptors (Lipinski definition) is 2. The Hall–Kier alpha value is -1.09. The summed E-state index contributed by atoms with van der Waals surface area (Å²) in [4.78, 5) is 0. The van der Waals surface area contributed by atoms with Crippen molar-refractivity contribution in [3.8, 4) is 0 Å². The van der Waals surface area contributed by atoms with Crippen molar-refractivity contribution in [1.29, 1.82) is 0 Å². The SMILES string of the molecule is C=CCNCCn1nc(C)cc1C. The molecule has 0 unspecified atom stereocenters. The summed E-state index contributed by atoms with van der Waals surface area (Å²) in [5.41, 5.74) is 2.30. The van der Waals surface area contributed by atoms with Gasteiger partial charge in [0.1, 0.15) is 0 Å². The third-order valence-corrected chi connectivity index (χ3v) is 1.89. The molecule has 0 radical (unpaired) electrons. The Labute approximate surface area is 79.5 Å². The van der Waals surface area contributed by atoms with E-state index in [0.717, 1.165) is 25.3 Å². The Morgan fingerprint density at radius 2 is 2.38 bits per heavy atom. The summed E-state index contributed by atoms with van der Waals surface area (Å²) in [6.07, 6.45) is 1.86. The first-order valence-corrected chi connectivity index (χ1v) is 4.56. The van der Waals surface area contributed by atoms with Crippen molar-refractivity contribution >= 4 is 0 Å². The van der Waals surface area contributed by atoms with Gasteiger partial charge in [-0.1, -0.05) is 6.08 Å². The molecule has 3 heteroatoms. The first kappa shape index (κ1) is 9.99. The molecule has 0 aliphatic heterocycles. The van der Waals surface area contributed by atoms with Crippen molar-refractivity contribution in [2.24, 2.45) is 0 Å². The lowest BCUT2D eigenvalue weighted by molar-refractivity contribution is 0.558. The largest absolute Gasteiger partial charge is 0.311 e. The second-order valence-corrected chi connectivity index (χ2v) is 3.14. The molecule has 0 atom stereocenters. The Morgan fingerprint density at radius 1 is 1.62 bits per heavy atom. The highest BCUT2D eigenvalue weighted by molar-refractivity contribution is 5.06. The quantitative estimate of drug-likeness (QED) is 0.545. The summed E-state index contributed by atoms with van der Waals surface area (Å²) in [5.74, 6) is 0. The van der Waals surface area contributed by atoms with Gasteiger partial charge in [0, 0.05) is 18.8 Å². The molecule has 1 aromatic heterocycles.